The van der Waals surface area contributed by atoms with Crippen LogP contribution in [0.3, 0.4) is 0 Å². The fourth-order valence-corrected chi connectivity index (χ4v) is 4.21. The van der Waals surface area contributed by atoms with Gasteiger partial charge in [0, 0.05) is 22.0 Å². The van der Waals surface area contributed by atoms with Gasteiger partial charge in [0.2, 0.25) is 0 Å². The summed E-state index contributed by atoms with van der Waals surface area (Å²) in [5.41, 5.74) is 8.45. The minimum atomic E-state index is 0.211. The average molecular weight is 265 g/mol. The molecule has 0 spiro atoms. The molecule has 2 heterocycles. The Hall–Kier alpha value is -0.780. The van der Waals surface area contributed by atoms with E-state index in [4.69, 9.17) is 10.7 Å². The SMILES string of the molecule is Cc1csc(Cc2nc3c(s2)C(N)CCC3)n1. The summed E-state index contributed by atoms with van der Waals surface area (Å²) in [5.74, 6) is 0. The topological polar surface area (TPSA) is 51.8 Å². The second-order valence-electron chi connectivity index (χ2n) is 4.48. The molecule has 1 aliphatic carbocycles. The van der Waals surface area contributed by atoms with Gasteiger partial charge >= 0.3 is 0 Å². The van der Waals surface area contributed by atoms with Crippen LogP contribution in [0.4, 0.5) is 0 Å². The van der Waals surface area contributed by atoms with Crippen LogP contribution in [0.25, 0.3) is 0 Å². The van der Waals surface area contributed by atoms with Gasteiger partial charge in [-0.3, -0.25) is 0 Å². The van der Waals surface area contributed by atoms with Crippen LogP contribution < -0.4 is 5.73 Å². The van der Waals surface area contributed by atoms with Crippen molar-refractivity contribution in [2.24, 2.45) is 5.73 Å². The summed E-state index contributed by atoms with van der Waals surface area (Å²) in [7, 11) is 0. The lowest BCUT2D eigenvalue weighted by molar-refractivity contribution is 0.573. The summed E-state index contributed by atoms with van der Waals surface area (Å²) in [6, 6.07) is 0.211. The third-order valence-electron chi connectivity index (χ3n) is 3.01. The molecule has 0 amide bonds. The van der Waals surface area contributed by atoms with Gasteiger partial charge in [-0.1, -0.05) is 0 Å². The van der Waals surface area contributed by atoms with Crippen molar-refractivity contribution in [1.82, 2.24) is 9.97 Å². The minimum Gasteiger partial charge on any atom is -0.323 e. The molecule has 0 radical (unpaired) electrons. The van der Waals surface area contributed by atoms with Crippen molar-refractivity contribution in [2.75, 3.05) is 0 Å². The predicted octanol–water partition coefficient (Wildman–Crippen LogP) is 2.83. The number of aromatic nitrogens is 2. The van der Waals surface area contributed by atoms with Gasteiger partial charge in [-0.2, -0.15) is 0 Å². The number of thiazole rings is 2. The Morgan fingerprint density at radius 1 is 1.41 bits per heavy atom. The number of nitrogens with zero attached hydrogens (tertiary/aromatic N) is 2. The lowest BCUT2D eigenvalue weighted by Gasteiger charge is -2.15. The van der Waals surface area contributed by atoms with E-state index in [1.807, 2.05) is 6.92 Å². The Bertz CT molecular complexity index is 530. The Balaban J connectivity index is 1.85. The summed E-state index contributed by atoms with van der Waals surface area (Å²) < 4.78 is 0. The maximum Gasteiger partial charge on any atom is 0.0999 e. The third-order valence-corrected chi connectivity index (χ3v) is 5.20. The third kappa shape index (κ3) is 2.27. The van der Waals surface area contributed by atoms with Gasteiger partial charge in [-0.15, -0.1) is 22.7 Å². The van der Waals surface area contributed by atoms with Crippen molar-refractivity contribution in [1.29, 1.82) is 0 Å². The molecule has 5 heteroatoms. The maximum atomic E-state index is 6.11. The van der Waals surface area contributed by atoms with Crippen LogP contribution in [-0.2, 0) is 12.8 Å². The lowest BCUT2D eigenvalue weighted by atomic mass is 9.99. The van der Waals surface area contributed by atoms with E-state index in [0.29, 0.717) is 0 Å². The highest BCUT2D eigenvalue weighted by molar-refractivity contribution is 7.12. The molecule has 0 fully saturated rings. The second-order valence-corrected chi connectivity index (χ2v) is 6.53. The standard InChI is InChI=1S/C12H15N3S2/c1-7-6-16-10(14-7)5-11-15-9-4-2-3-8(13)12(9)17-11/h6,8H,2-5,13H2,1H3. The number of hydrogen-bond acceptors (Lipinski definition) is 5. The summed E-state index contributed by atoms with van der Waals surface area (Å²) in [4.78, 5) is 10.5. The fraction of sp³-hybridized carbons (Fsp3) is 0.500. The minimum absolute atomic E-state index is 0.211. The summed E-state index contributed by atoms with van der Waals surface area (Å²) in [6.45, 7) is 2.03. The molecule has 2 N–H and O–H groups in total. The van der Waals surface area contributed by atoms with E-state index >= 15 is 0 Å². The van der Waals surface area contributed by atoms with E-state index in [9.17, 15) is 0 Å². The van der Waals surface area contributed by atoms with Gasteiger partial charge in [0.25, 0.3) is 0 Å². The van der Waals surface area contributed by atoms with E-state index in [-0.39, 0.29) is 6.04 Å². The molecule has 90 valence electrons. The zero-order chi connectivity index (χ0) is 11.8. The van der Waals surface area contributed by atoms with Gasteiger partial charge in [0.05, 0.1) is 22.1 Å². The van der Waals surface area contributed by atoms with Crippen LogP contribution in [-0.4, -0.2) is 9.97 Å². The zero-order valence-electron chi connectivity index (χ0n) is 9.77. The molecule has 0 saturated heterocycles. The predicted molar refractivity (Wildman–Crippen MR) is 71.6 cm³/mol. The van der Waals surface area contributed by atoms with Crippen LogP contribution in [0.1, 0.15) is 45.2 Å². The van der Waals surface area contributed by atoms with E-state index in [2.05, 4.69) is 10.4 Å². The zero-order valence-corrected chi connectivity index (χ0v) is 11.4. The molecule has 2 aromatic heterocycles. The van der Waals surface area contributed by atoms with Crippen molar-refractivity contribution in [2.45, 2.75) is 38.6 Å². The summed E-state index contributed by atoms with van der Waals surface area (Å²) in [6.07, 6.45) is 4.23. The van der Waals surface area contributed by atoms with Crippen LogP contribution in [0.15, 0.2) is 5.38 Å². The highest BCUT2D eigenvalue weighted by Gasteiger charge is 2.21. The smallest absolute Gasteiger partial charge is 0.0999 e. The second kappa shape index (κ2) is 4.48. The highest BCUT2D eigenvalue weighted by Crippen LogP contribution is 2.33. The molecule has 1 unspecified atom stereocenters. The number of rotatable bonds is 2. The van der Waals surface area contributed by atoms with Gasteiger partial charge in [-0.25, -0.2) is 9.97 Å². The van der Waals surface area contributed by atoms with Gasteiger partial charge in [0.1, 0.15) is 0 Å². The van der Waals surface area contributed by atoms with Crippen molar-refractivity contribution in [3.05, 3.63) is 31.7 Å². The first-order chi connectivity index (χ1) is 8.22. The Morgan fingerprint density at radius 3 is 3.00 bits per heavy atom. The van der Waals surface area contributed by atoms with Crippen LogP contribution in [0, 0.1) is 6.92 Å². The van der Waals surface area contributed by atoms with E-state index < -0.39 is 0 Å². The molecule has 0 aliphatic heterocycles. The van der Waals surface area contributed by atoms with Crippen molar-refractivity contribution < 1.29 is 0 Å². The molecule has 3 rings (SSSR count). The first-order valence-corrected chi connectivity index (χ1v) is 7.57. The van der Waals surface area contributed by atoms with Gasteiger partial charge < -0.3 is 5.73 Å². The fourth-order valence-electron chi connectivity index (χ4n) is 2.19. The lowest BCUT2D eigenvalue weighted by Crippen LogP contribution is -2.15. The molecule has 0 aromatic carbocycles. The molecule has 3 nitrogen and oxygen atoms in total. The summed E-state index contributed by atoms with van der Waals surface area (Å²) in [5, 5.41) is 4.41. The Kier molecular flexibility index (Phi) is 2.98. The summed E-state index contributed by atoms with van der Waals surface area (Å²) >= 11 is 3.49. The largest absolute Gasteiger partial charge is 0.323 e. The maximum absolute atomic E-state index is 6.11. The monoisotopic (exact) mass is 265 g/mol. The molecular formula is C12H15N3S2. The number of aryl methyl sites for hydroxylation is 2. The number of hydrogen-bond donors (Lipinski definition) is 1. The molecule has 0 bridgehead atoms. The molecule has 0 saturated carbocycles. The Morgan fingerprint density at radius 2 is 2.29 bits per heavy atom. The number of nitrogens with two attached hydrogens (primary N) is 1. The van der Waals surface area contributed by atoms with Crippen LogP contribution >= 0.6 is 22.7 Å². The Labute approximate surface area is 109 Å². The number of fused-ring (bicyclic) bond motifs is 1. The first kappa shape index (κ1) is 11.3. The van der Waals surface area contributed by atoms with Crippen molar-refractivity contribution in [3.63, 3.8) is 0 Å². The van der Waals surface area contributed by atoms with Crippen molar-refractivity contribution >= 4 is 22.7 Å². The molecule has 1 aliphatic rings. The average Bonchev–Trinajstić information content (AvgIpc) is 2.86. The van der Waals surface area contributed by atoms with E-state index in [1.165, 1.54) is 22.0 Å². The molecule has 2 aromatic rings. The quantitative estimate of drug-likeness (QED) is 0.908. The van der Waals surface area contributed by atoms with Crippen molar-refractivity contribution in [3.8, 4) is 0 Å². The normalized spacial score (nSPS) is 19.3. The van der Waals surface area contributed by atoms with E-state index in [1.54, 1.807) is 22.7 Å². The van der Waals surface area contributed by atoms with Crippen LogP contribution in [0.5, 0.6) is 0 Å². The molecule has 1 atom stereocenters. The van der Waals surface area contributed by atoms with E-state index in [0.717, 1.165) is 30.0 Å². The first-order valence-electron chi connectivity index (χ1n) is 5.87. The molecule has 17 heavy (non-hydrogen) atoms. The molecular weight excluding hydrogens is 250 g/mol. The highest BCUT2D eigenvalue weighted by atomic mass is 32.1. The van der Waals surface area contributed by atoms with Gasteiger partial charge in [-0.05, 0) is 26.2 Å². The van der Waals surface area contributed by atoms with Crippen LogP contribution in [0.2, 0.25) is 0 Å². The van der Waals surface area contributed by atoms with Gasteiger partial charge in [0.15, 0.2) is 0 Å².